The topological polar surface area (TPSA) is 175 Å². The molecule has 0 radical (unpaired) electrons. The molecule has 0 fully saturated rings. The average molecular weight is 570 g/mol. The lowest BCUT2D eigenvalue weighted by atomic mass is 9.94. The molecular weight excluding hydrogens is 518 g/mol. The van der Waals surface area contributed by atoms with Crippen molar-refractivity contribution in [3.63, 3.8) is 0 Å². The first kappa shape index (κ1) is 37.2. The standard InChI is InChI=1S/C30H51NO9/c1-23(32)18-20-26(30(39)40)31-27(34)21-19-24(29(37)38)22-25(33)16-14-12-10-8-6-4-2-3-5-7-9-11-13-15-17-28(35)36/h24,26H,2-22H2,1H3,(H,31,34)(H,35,36)(H,37,38)(H,39,40). The van der Waals surface area contributed by atoms with Crippen molar-refractivity contribution >= 4 is 35.4 Å². The van der Waals surface area contributed by atoms with Crippen LogP contribution in [0.25, 0.3) is 0 Å². The maximum Gasteiger partial charge on any atom is 0.326 e. The number of carbonyl (C=O) groups is 6. The van der Waals surface area contributed by atoms with Crippen LogP contribution < -0.4 is 5.32 Å². The van der Waals surface area contributed by atoms with Crippen LogP contribution >= 0.6 is 0 Å². The summed E-state index contributed by atoms with van der Waals surface area (Å²) in [5.74, 6) is -5.05. The summed E-state index contributed by atoms with van der Waals surface area (Å²) in [5, 5.41) is 29.6. The van der Waals surface area contributed by atoms with Crippen molar-refractivity contribution in [2.45, 2.75) is 148 Å². The number of hydrogen-bond acceptors (Lipinski definition) is 6. The Morgan fingerprint density at radius 3 is 1.40 bits per heavy atom. The first-order valence-electron chi connectivity index (χ1n) is 15.0. The Kier molecular flexibility index (Phi) is 22.4. The molecule has 0 rings (SSSR count). The van der Waals surface area contributed by atoms with E-state index in [4.69, 9.17) is 5.11 Å². The van der Waals surface area contributed by atoms with Crippen molar-refractivity contribution in [1.29, 1.82) is 0 Å². The van der Waals surface area contributed by atoms with Crippen LogP contribution in [0.2, 0.25) is 0 Å². The lowest BCUT2D eigenvalue weighted by molar-refractivity contribution is -0.145. The van der Waals surface area contributed by atoms with Crippen molar-refractivity contribution < 1.29 is 44.1 Å². The third-order valence-electron chi connectivity index (χ3n) is 7.06. The summed E-state index contributed by atoms with van der Waals surface area (Å²) in [7, 11) is 0. The van der Waals surface area contributed by atoms with Crippen LogP contribution in [0.1, 0.15) is 142 Å². The number of carbonyl (C=O) groups excluding carboxylic acids is 3. The SMILES string of the molecule is CC(=O)CCC(NC(=O)CCC(CC(=O)CCCCCCCCCCCCCCCCC(=O)O)C(=O)O)C(=O)O. The van der Waals surface area contributed by atoms with Gasteiger partial charge in [-0.05, 0) is 32.6 Å². The molecule has 2 unspecified atom stereocenters. The maximum atomic E-state index is 12.3. The number of ketones is 2. The van der Waals surface area contributed by atoms with Crippen LogP contribution in [-0.2, 0) is 28.8 Å². The number of hydrogen-bond donors (Lipinski definition) is 4. The molecule has 0 saturated heterocycles. The van der Waals surface area contributed by atoms with Gasteiger partial charge in [-0.2, -0.15) is 0 Å². The zero-order valence-corrected chi connectivity index (χ0v) is 24.3. The lowest BCUT2D eigenvalue weighted by Gasteiger charge is -2.15. The fraction of sp³-hybridized carbons (Fsp3) is 0.800. The molecule has 2 atom stereocenters. The molecule has 0 saturated carbocycles. The van der Waals surface area contributed by atoms with E-state index in [0.717, 1.165) is 38.5 Å². The van der Waals surface area contributed by atoms with Crippen molar-refractivity contribution in [2.24, 2.45) is 5.92 Å². The molecule has 10 heteroatoms. The number of Topliss-reactive ketones (excluding diaryl/α,β-unsaturated/α-hetero) is 2. The van der Waals surface area contributed by atoms with E-state index in [-0.39, 0.29) is 50.1 Å². The van der Waals surface area contributed by atoms with Gasteiger partial charge in [0.15, 0.2) is 0 Å². The number of aliphatic carboxylic acids is 3. The number of nitrogens with one attached hydrogen (secondary N) is 1. The Hall–Kier alpha value is -2.78. The molecule has 0 aromatic carbocycles. The van der Waals surface area contributed by atoms with E-state index in [1.54, 1.807) is 0 Å². The molecule has 230 valence electrons. The quantitative estimate of drug-likeness (QED) is 0.0862. The van der Waals surface area contributed by atoms with Gasteiger partial charge < -0.3 is 25.4 Å². The van der Waals surface area contributed by atoms with E-state index in [0.29, 0.717) is 12.8 Å². The van der Waals surface area contributed by atoms with E-state index in [1.165, 1.54) is 51.9 Å². The molecule has 0 aliphatic heterocycles. The van der Waals surface area contributed by atoms with Crippen molar-refractivity contribution in [2.75, 3.05) is 0 Å². The highest BCUT2D eigenvalue weighted by Gasteiger charge is 2.24. The first-order valence-corrected chi connectivity index (χ1v) is 15.0. The largest absolute Gasteiger partial charge is 0.481 e. The Labute approximate surface area is 238 Å². The van der Waals surface area contributed by atoms with Crippen LogP contribution in [0.3, 0.4) is 0 Å². The zero-order valence-electron chi connectivity index (χ0n) is 24.3. The highest BCUT2D eigenvalue weighted by Crippen LogP contribution is 2.17. The predicted molar refractivity (Wildman–Crippen MR) is 151 cm³/mol. The van der Waals surface area contributed by atoms with E-state index in [2.05, 4.69) is 5.32 Å². The second kappa shape index (κ2) is 24.1. The van der Waals surface area contributed by atoms with Gasteiger partial charge in [0.25, 0.3) is 0 Å². The summed E-state index contributed by atoms with van der Waals surface area (Å²) >= 11 is 0. The van der Waals surface area contributed by atoms with E-state index in [9.17, 15) is 39.0 Å². The minimum atomic E-state index is -1.26. The molecule has 0 bridgehead atoms. The molecule has 4 N–H and O–H groups in total. The van der Waals surface area contributed by atoms with Gasteiger partial charge in [-0.1, -0.05) is 77.0 Å². The summed E-state index contributed by atoms with van der Waals surface area (Å²) in [6, 6.07) is -1.21. The average Bonchev–Trinajstić information content (AvgIpc) is 2.87. The van der Waals surface area contributed by atoms with Gasteiger partial charge >= 0.3 is 17.9 Å². The van der Waals surface area contributed by atoms with Crippen molar-refractivity contribution in [3.8, 4) is 0 Å². The van der Waals surface area contributed by atoms with Gasteiger partial charge in [-0.3, -0.25) is 19.2 Å². The highest BCUT2D eigenvalue weighted by molar-refractivity contribution is 5.86. The summed E-state index contributed by atoms with van der Waals surface area (Å²) in [5.41, 5.74) is 0. The van der Waals surface area contributed by atoms with E-state index < -0.39 is 35.8 Å². The first-order chi connectivity index (χ1) is 19.0. The number of unbranched alkanes of at least 4 members (excludes halogenated alkanes) is 13. The van der Waals surface area contributed by atoms with E-state index >= 15 is 0 Å². The Balaban J connectivity index is 3.87. The fourth-order valence-corrected chi connectivity index (χ4v) is 4.59. The summed E-state index contributed by atoms with van der Waals surface area (Å²) in [4.78, 5) is 68.7. The predicted octanol–water partition coefficient (Wildman–Crippen LogP) is 5.69. The highest BCUT2D eigenvalue weighted by atomic mass is 16.4. The van der Waals surface area contributed by atoms with Crippen LogP contribution in [0.5, 0.6) is 0 Å². The Bertz CT molecular complexity index is 781. The van der Waals surface area contributed by atoms with Gasteiger partial charge in [0.2, 0.25) is 5.91 Å². The molecular formula is C30H51NO9. The fourth-order valence-electron chi connectivity index (χ4n) is 4.59. The van der Waals surface area contributed by atoms with Crippen LogP contribution in [0.4, 0.5) is 0 Å². The van der Waals surface area contributed by atoms with Crippen molar-refractivity contribution in [3.05, 3.63) is 0 Å². The minimum absolute atomic E-state index is 0.0183. The van der Waals surface area contributed by atoms with Crippen LogP contribution in [-0.4, -0.2) is 56.7 Å². The molecule has 1 amide bonds. The monoisotopic (exact) mass is 569 g/mol. The van der Waals surface area contributed by atoms with Crippen LogP contribution in [0, 0.1) is 5.92 Å². The van der Waals surface area contributed by atoms with Gasteiger partial charge in [0, 0.05) is 32.1 Å². The molecule has 40 heavy (non-hydrogen) atoms. The van der Waals surface area contributed by atoms with Gasteiger partial charge in [-0.25, -0.2) is 4.79 Å². The number of carboxylic acid groups (broad SMARTS) is 3. The molecule has 0 aliphatic carbocycles. The molecule has 0 heterocycles. The number of rotatable bonds is 28. The number of carboxylic acids is 3. The molecule has 0 aromatic heterocycles. The molecule has 0 spiro atoms. The normalized spacial score (nSPS) is 12.4. The Morgan fingerprint density at radius 1 is 0.550 bits per heavy atom. The molecule has 0 aliphatic rings. The van der Waals surface area contributed by atoms with Gasteiger partial charge in [0.1, 0.15) is 17.6 Å². The minimum Gasteiger partial charge on any atom is -0.481 e. The zero-order chi connectivity index (χ0) is 30.2. The summed E-state index contributed by atoms with van der Waals surface area (Å²) < 4.78 is 0. The Morgan fingerprint density at radius 2 is 1.00 bits per heavy atom. The van der Waals surface area contributed by atoms with Gasteiger partial charge in [0.05, 0.1) is 5.92 Å². The lowest BCUT2D eigenvalue weighted by Crippen LogP contribution is -2.41. The second-order valence-electron chi connectivity index (χ2n) is 10.9. The third kappa shape index (κ3) is 23.1. The smallest absolute Gasteiger partial charge is 0.326 e. The summed E-state index contributed by atoms with van der Waals surface area (Å²) in [6.07, 6.45) is 15.3. The van der Waals surface area contributed by atoms with E-state index in [1.807, 2.05) is 0 Å². The maximum absolute atomic E-state index is 12.3. The molecule has 0 aromatic rings. The second-order valence-corrected chi connectivity index (χ2v) is 10.9. The third-order valence-corrected chi connectivity index (χ3v) is 7.06. The number of amides is 1. The van der Waals surface area contributed by atoms with Crippen molar-refractivity contribution in [1.82, 2.24) is 5.32 Å². The molecule has 10 nitrogen and oxygen atoms in total. The van der Waals surface area contributed by atoms with Gasteiger partial charge in [-0.15, -0.1) is 0 Å². The van der Waals surface area contributed by atoms with Crippen LogP contribution in [0.15, 0.2) is 0 Å². The summed E-state index contributed by atoms with van der Waals surface area (Å²) in [6.45, 7) is 1.33.